The highest BCUT2D eigenvalue weighted by Gasteiger charge is 2.25. The van der Waals surface area contributed by atoms with Gasteiger partial charge in [0.25, 0.3) is 5.91 Å². The Morgan fingerprint density at radius 3 is 2.41 bits per heavy atom. The number of nitrogens with zero attached hydrogens (tertiary/aromatic N) is 3. The zero-order valence-electron chi connectivity index (χ0n) is 19.0. The van der Waals surface area contributed by atoms with Crippen LogP contribution in [0.25, 0.3) is 0 Å². The van der Waals surface area contributed by atoms with Gasteiger partial charge in [-0.3, -0.25) is 9.59 Å². The minimum absolute atomic E-state index is 0.106. The van der Waals surface area contributed by atoms with E-state index in [-0.39, 0.29) is 29.5 Å². The fraction of sp³-hybridized carbons (Fsp3) is 0.333. The average molecular weight is 452 g/mol. The summed E-state index contributed by atoms with van der Waals surface area (Å²) in [5, 5.41) is 15.2. The van der Waals surface area contributed by atoms with Gasteiger partial charge < -0.3 is 15.2 Å². The van der Waals surface area contributed by atoms with E-state index in [1.54, 1.807) is 6.07 Å². The van der Waals surface area contributed by atoms with Gasteiger partial charge in [-0.2, -0.15) is 0 Å². The van der Waals surface area contributed by atoms with Crippen LogP contribution < -0.4 is 10.6 Å². The molecule has 2 amide bonds. The van der Waals surface area contributed by atoms with Gasteiger partial charge in [0, 0.05) is 18.3 Å². The maximum atomic E-state index is 12.8. The molecule has 0 aliphatic carbocycles. The van der Waals surface area contributed by atoms with Gasteiger partial charge in [-0.25, -0.2) is 0 Å². The Morgan fingerprint density at radius 2 is 1.75 bits per heavy atom. The molecule has 3 rings (SSSR count). The molecule has 2 N–H and O–H groups in total. The largest absolute Gasteiger partial charge is 0.342 e. The summed E-state index contributed by atoms with van der Waals surface area (Å²) in [5.74, 6) is 0.706. The summed E-state index contributed by atoms with van der Waals surface area (Å²) in [5.41, 5.74) is 3.54. The Kier molecular flexibility index (Phi) is 7.69. The number of benzene rings is 2. The highest BCUT2D eigenvalue weighted by Crippen LogP contribution is 2.24. The summed E-state index contributed by atoms with van der Waals surface area (Å²) < 4.78 is 1.84. The zero-order valence-corrected chi connectivity index (χ0v) is 19.9. The number of amides is 2. The lowest BCUT2D eigenvalue weighted by Crippen LogP contribution is -2.33. The lowest BCUT2D eigenvalue weighted by molar-refractivity contribution is -0.113. The third-order valence-corrected chi connectivity index (χ3v) is 6.07. The van der Waals surface area contributed by atoms with Gasteiger partial charge in [-0.05, 0) is 44.0 Å². The molecule has 3 aromatic rings. The van der Waals surface area contributed by atoms with Crippen LogP contribution in [0.3, 0.4) is 0 Å². The number of hydrogen-bond donors (Lipinski definition) is 2. The van der Waals surface area contributed by atoms with E-state index in [4.69, 9.17) is 0 Å². The summed E-state index contributed by atoms with van der Waals surface area (Å²) in [7, 11) is 1.85. The van der Waals surface area contributed by atoms with Gasteiger partial charge in [-0.15, -0.1) is 10.2 Å². The predicted octanol–water partition coefficient (Wildman–Crippen LogP) is 4.29. The first-order valence-corrected chi connectivity index (χ1v) is 11.5. The molecule has 2 aromatic carbocycles. The quantitative estimate of drug-likeness (QED) is 0.499. The van der Waals surface area contributed by atoms with Crippen molar-refractivity contribution in [2.45, 2.75) is 38.9 Å². The molecule has 8 heteroatoms. The fourth-order valence-corrected chi connectivity index (χ4v) is 3.95. The van der Waals surface area contributed by atoms with E-state index in [0.29, 0.717) is 16.5 Å². The Bertz CT molecular complexity index is 1090. The lowest BCUT2D eigenvalue weighted by Gasteiger charge is -2.21. The summed E-state index contributed by atoms with van der Waals surface area (Å²) in [4.78, 5) is 25.1. The fourth-order valence-electron chi connectivity index (χ4n) is 3.23. The number of carbonyl (C=O) groups is 2. The Hall–Kier alpha value is -3.13. The van der Waals surface area contributed by atoms with Crippen LogP contribution in [0, 0.1) is 19.8 Å². The van der Waals surface area contributed by atoms with Crippen LogP contribution in [-0.4, -0.2) is 32.3 Å². The van der Waals surface area contributed by atoms with Gasteiger partial charge in [0.1, 0.15) is 0 Å². The van der Waals surface area contributed by atoms with E-state index in [9.17, 15) is 9.59 Å². The molecule has 0 radical (unpaired) electrons. The van der Waals surface area contributed by atoms with E-state index in [1.807, 2.05) is 81.8 Å². The second-order valence-electron chi connectivity index (χ2n) is 8.17. The van der Waals surface area contributed by atoms with Crippen molar-refractivity contribution in [3.63, 3.8) is 0 Å². The molecule has 1 atom stereocenters. The maximum absolute atomic E-state index is 12.8. The molecule has 168 valence electrons. The number of nitrogens with one attached hydrogen (secondary N) is 2. The van der Waals surface area contributed by atoms with Crippen molar-refractivity contribution >= 4 is 29.3 Å². The molecule has 0 bridgehead atoms. The Morgan fingerprint density at radius 1 is 1.03 bits per heavy atom. The molecule has 0 saturated carbocycles. The van der Waals surface area contributed by atoms with Crippen LogP contribution in [0.1, 0.15) is 47.2 Å². The predicted molar refractivity (Wildman–Crippen MR) is 128 cm³/mol. The molecule has 0 aliphatic heterocycles. The summed E-state index contributed by atoms with van der Waals surface area (Å²) in [6.07, 6.45) is 0. The number of carbonyl (C=O) groups excluding carboxylic acids is 2. The molecule has 1 aromatic heterocycles. The third kappa shape index (κ3) is 5.97. The van der Waals surface area contributed by atoms with Crippen LogP contribution in [-0.2, 0) is 11.8 Å². The molecule has 7 nitrogen and oxygen atoms in total. The van der Waals surface area contributed by atoms with Crippen molar-refractivity contribution in [1.82, 2.24) is 20.1 Å². The number of thioether (sulfide) groups is 1. The summed E-state index contributed by atoms with van der Waals surface area (Å²) in [6, 6.07) is 14.8. The standard InChI is InChI=1S/C24H29N5O2S/c1-15(2)21(26-23(31)18-8-6-7-17(4)13-18)22-27-28-24(29(22)5)32-14-20(30)25-19-11-9-16(3)10-12-19/h6-13,15,21H,14H2,1-5H3,(H,25,30)(H,26,31)/t21-/m1/s1. The van der Waals surface area contributed by atoms with E-state index < -0.39 is 0 Å². The van der Waals surface area contributed by atoms with Crippen LogP contribution in [0.4, 0.5) is 5.69 Å². The highest BCUT2D eigenvalue weighted by molar-refractivity contribution is 7.99. The molecule has 0 spiro atoms. The minimum atomic E-state index is -0.309. The van der Waals surface area contributed by atoms with Crippen molar-refractivity contribution in [3.8, 4) is 0 Å². The first-order valence-electron chi connectivity index (χ1n) is 10.5. The third-order valence-electron chi connectivity index (χ3n) is 5.05. The van der Waals surface area contributed by atoms with Crippen LogP contribution in [0.15, 0.2) is 53.7 Å². The molecule has 1 heterocycles. The maximum Gasteiger partial charge on any atom is 0.251 e. The van der Waals surface area contributed by atoms with Crippen molar-refractivity contribution in [2.24, 2.45) is 13.0 Å². The monoisotopic (exact) mass is 451 g/mol. The van der Waals surface area contributed by atoms with Gasteiger partial charge in [0.15, 0.2) is 11.0 Å². The average Bonchev–Trinajstić information content (AvgIpc) is 3.11. The van der Waals surface area contributed by atoms with E-state index in [0.717, 1.165) is 16.8 Å². The second kappa shape index (κ2) is 10.5. The number of anilines is 1. The Labute approximate surface area is 193 Å². The van der Waals surface area contributed by atoms with E-state index in [2.05, 4.69) is 20.8 Å². The van der Waals surface area contributed by atoms with Crippen molar-refractivity contribution in [2.75, 3.05) is 11.1 Å². The molecule has 0 saturated heterocycles. The minimum Gasteiger partial charge on any atom is -0.342 e. The SMILES string of the molecule is Cc1ccc(NC(=O)CSc2nnc([C@H](NC(=O)c3cccc(C)c3)C(C)C)n2C)cc1. The molecular weight excluding hydrogens is 422 g/mol. The molecule has 0 unspecified atom stereocenters. The van der Waals surface area contributed by atoms with Crippen LogP contribution >= 0.6 is 11.8 Å². The van der Waals surface area contributed by atoms with Crippen LogP contribution in [0.5, 0.6) is 0 Å². The number of rotatable bonds is 8. The smallest absolute Gasteiger partial charge is 0.251 e. The van der Waals surface area contributed by atoms with Crippen molar-refractivity contribution < 1.29 is 9.59 Å². The molecule has 32 heavy (non-hydrogen) atoms. The Balaban J connectivity index is 1.66. The van der Waals surface area contributed by atoms with Gasteiger partial charge >= 0.3 is 0 Å². The number of hydrogen-bond acceptors (Lipinski definition) is 5. The second-order valence-corrected chi connectivity index (χ2v) is 9.11. The van der Waals surface area contributed by atoms with Gasteiger partial charge in [-0.1, -0.05) is 61.0 Å². The van der Waals surface area contributed by atoms with Crippen molar-refractivity contribution in [3.05, 3.63) is 71.0 Å². The summed E-state index contributed by atoms with van der Waals surface area (Å²) in [6.45, 7) is 8.01. The molecule has 0 fully saturated rings. The highest BCUT2D eigenvalue weighted by atomic mass is 32.2. The van der Waals surface area contributed by atoms with E-state index in [1.165, 1.54) is 11.8 Å². The first-order chi connectivity index (χ1) is 15.2. The molecule has 0 aliphatic rings. The zero-order chi connectivity index (χ0) is 23.3. The van der Waals surface area contributed by atoms with Crippen LogP contribution in [0.2, 0.25) is 0 Å². The normalized spacial score (nSPS) is 11.9. The molecular formula is C24H29N5O2S. The lowest BCUT2D eigenvalue weighted by atomic mass is 10.0. The van der Waals surface area contributed by atoms with Crippen molar-refractivity contribution in [1.29, 1.82) is 0 Å². The topological polar surface area (TPSA) is 88.9 Å². The van der Waals surface area contributed by atoms with E-state index >= 15 is 0 Å². The summed E-state index contributed by atoms with van der Waals surface area (Å²) >= 11 is 1.31. The van der Waals surface area contributed by atoms with Gasteiger partial charge in [0.2, 0.25) is 5.91 Å². The first kappa shape index (κ1) is 23.5. The van der Waals surface area contributed by atoms with Gasteiger partial charge in [0.05, 0.1) is 11.8 Å². The number of aromatic nitrogens is 3. The number of aryl methyl sites for hydroxylation is 2.